The third-order valence-electron chi connectivity index (χ3n) is 4.63. The van der Waals surface area contributed by atoms with Gasteiger partial charge in [-0.1, -0.05) is 42.5 Å². The highest BCUT2D eigenvalue weighted by Crippen LogP contribution is 2.33. The molecule has 1 heterocycles. The summed E-state index contributed by atoms with van der Waals surface area (Å²) in [6, 6.07) is 16.0. The number of fused-ring (bicyclic) bond motifs is 1. The van der Waals surface area contributed by atoms with E-state index in [0.717, 1.165) is 0 Å². The fourth-order valence-corrected chi connectivity index (χ4v) is 3.11. The molecule has 0 bridgehead atoms. The molecule has 2 amide bonds. The van der Waals surface area contributed by atoms with Gasteiger partial charge < -0.3 is 19.3 Å². The van der Waals surface area contributed by atoms with E-state index in [1.807, 2.05) is 12.1 Å². The lowest BCUT2D eigenvalue weighted by atomic mass is 10.1. The fraction of sp³-hybridized carbons (Fsp3) is 0.318. The van der Waals surface area contributed by atoms with Crippen molar-refractivity contribution in [3.05, 3.63) is 60.2 Å². The minimum Gasteiger partial charge on any atom is -0.479 e. The average Bonchev–Trinajstić information content (AvgIpc) is 2.72. The van der Waals surface area contributed by atoms with E-state index in [2.05, 4.69) is 0 Å². The van der Waals surface area contributed by atoms with E-state index in [-0.39, 0.29) is 24.8 Å². The molecule has 2 aromatic rings. The zero-order valence-electron chi connectivity index (χ0n) is 16.7. The number of para-hydroxylation sites is 2. The normalized spacial score (nSPS) is 16.4. The Morgan fingerprint density at radius 1 is 1.10 bits per heavy atom. The van der Waals surface area contributed by atoms with Gasteiger partial charge in [-0.2, -0.15) is 0 Å². The van der Waals surface area contributed by atoms with Crippen LogP contribution in [0.4, 0.5) is 5.69 Å². The Hall–Kier alpha value is -3.35. The van der Waals surface area contributed by atoms with Crippen LogP contribution < -0.4 is 9.64 Å². The number of amides is 2. The highest BCUT2D eigenvalue weighted by molar-refractivity contribution is 6.00. The van der Waals surface area contributed by atoms with Crippen molar-refractivity contribution in [2.45, 2.75) is 25.6 Å². The number of hydrogen-bond acceptors (Lipinski definition) is 5. The topological polar surface area (TPSA) is 76.2 Å². The van der Waals surface area contributed by atoms with Gasteiger partial charge in [-0.15, -0.1) is 0 Å². The summed E-state index contributed by atoms with van der Waals surface area (Å²) in [5, 5.41) is 0. The molecule has 0 saturated heterocycles. The quantitative estimate of drug-likeness (QED) is 0.702. The van der Waals surface area contributed by atoms with Crippen LogP contribution in [-0.4, -0.2) is 49.4 Å². The summed E-state index contributed by atoms with van der Waals surface area (Å²) in [7, 11) is 3.22. The van der Waals surface area contributed by atoms with Crippen molar-refractivity contribution in [1.82, 2.24) is 4.90 Å². The first-order valence-electron chi connectivity index (χ1n) is 9.41. The lowest BCUT2D eigenvalue weighted by molar-refractivity contribution is -0.159. The van der Waals surface area contributed by atoms with E-state index < -0.39 is 18.2 Å². The molecule has 0 aromatic heterocycles. The number of ether oxygens (including phenoxy) is 2. The number of anilines is 1. The van der Waals surface area contributed by atoms with Gasteiger partial charge in [-0.3, -0.25) is 14.4 Å². The second-order valence-electron chi connectivity index (χ2n) is 6.98. The number of nitrogens with zero attached hydrogens (tertiary/aromatic N) is 2. The third-order valence-corrected chi connectivity index (χ3v) is 4.63. The maximum Gasteiger partial charge on any atom is 0.308 e. The Bertz CT molecular complexity index is 897. The zero-order valence-corrected chi connectivity index (χ0v) is 16.7. The van der Waals surface area contributed by atoms with Crippen LogP contribution in [0.5, 0.6) is 5.75 Å². The predicted octanol–water partition coefficient (Wildman–Crippen LogP) is 2.56. The minimum atomic E-state index is -1.02. The molecule has 7 heteroatoms. The number of likely N-dealkylation sites (N-methyl/N-ethyl adjacent to an activating group) is 1. The van der Waals surface area contributed by atoms with Crippen LogP contribution in [0.25, 0.3) is 0 Å². The summed E-state index contributed by atoms with van der Waals surface area (Å²) < 4.78 is 11.1. The van der Waals surface area contributed by atoms with Crippen molar-refractivity contribution in [2.24, 2.45) is 0 Å². The third kappa shape index (κ3) is 4.56. The van der Waals surface area contributed by atoms with E-state index in [1.165, 1.54) is 9.80 Å². The lowest BCUT2D eigenvalue weighted by Gasteiger charge is -2.32. The molecule has 0 saturated carbocycles. The summed E-state index contributed by atoms with van der Waals surface area (Å²) in [4.78, 5) is 40.5. The Kier molecular flexibility index (Phi) is 6.16. The summed E-state index contributed by atoms with van der Waals surface area (Å²) in [6.07, 6.45) is -1.70. The van der Waals surface area contributed by atoms with Crippen LogP contribution in [0.1, 0.15) is 25.0 Å². The molecule has 3 rings (SSSR count). The van der Waals surface area contributed by atoms with Gasteiger partial charge in [0, 0.05) is 26.2 Å². The first-order valence-corrected chi connectivity index (χ1v) is 9.41. The molecule has 7 nitrogen and oxygen atoms in total. The Morgan fingerprint density at radius 3 is 2.45 bits per heavy atom. The summed E-state index contributed by atoms with van der Waals surface area (Å²) in [5.41, 5.74) is 1.22. The maximum absolute atomic E-state index is 12.5. The number of esters is 1. The summed E-state index contributed by atoms with van der Waals surface area (Å²) in [5.74, 6) is -0.511. The first kappa shape index (κ1) is 20.4. The Morgan fingerprint density at radius 2 is 1.76 bits per heavy atom. The summed E-state index contributed by atoms with van der Waals surface area (Å²) in [6.45, 7) is 1.81. The molecule has 29 heavy (non-hydrogen) atoms. The first-order chi connectivity index (χ1) is 13.9. The van der Waals surface area contributed by atoms with Gasteiger partial charge in [-0.05, 0) is 19.1 Å². The molecule has 2 unspecified atom stereocenters. The van der Waals surface area contributed by atoms with Crippen LogP contribution in [0.2, 0.25) is 0 Å². The Balaban J connectivity index is 1.71. The van der Waals surface area contributed by atoms with Crippen molar-refractivity contribution < 1.29 is 23.9 Å². The van der Waals surface area contributed by atoms with Crippen molar-refractivity contribution in [2.75, 3.05) is 25.5 Å². The second kappa shape index (κ2) is 8.77. The van der Waals surface area contributed by atoms with Crippen molar-refractivity contribution >= 4 is 23.5 Å². The van der Waals surface area contributed by atoms with Gasteiger partial charge in [0.2, 0.25) is 6.10 Å². The van der Waals surface area contributed by atoms with E-state index in [4.69, 9.17) is 9.47 Å². The number of carbonyl (C=O) groups excluding carboxylic acids is 3. The lowest BCUT2D eigenvalue weighted by Crippen LogP contribution is -2.45. The zero-order chi connectivity index (χ0) is 21.0. The van der Waals surface area contributed by atoms with Crippen molar-refractivity contribution in [3.8, 4) is 5.75 Å². The SMILES string of the molecule is CC1Oc2ccccc2N(CCC(=O)OC(C(=O)N(C)C)c2ccccc2)C1=O. The van der Waals surface area contributed by atoms with E-state index >= 15 is 0 Å². The van der Waals surface area contributed by atoms with Crippen molar-refractivity contribution in [3.63, 3.8) is 0 Å². The molecule has 1 aliphatic rings. The molecule has 152 valence electrons. The molecule has 0 aliphatic carbocycles. The van der Waals surface area contributed by atoms with Crippen LogP contribution in [0.3, 0.4) is 0 Å². The number of rotatable bonds is 6. The molecule has 1 aliphatic heterocycles. The predicted molar refractivity (Wildman–Crippen MR) is 107 cm³/mol. The standard InChI is InChI=1S/C22H24N2O5/c1-15-21(26)24(17-11-7-8-12-18(17)28-15)14-13-19(25)29-20(22(27)23(2)3)16-9-5-4-6-10-16/h4-12,15,20H,13-14H2,1-3H3. The second-order valence-corrected chi connectivity index (χ2v) is 6.98. The number of hydrogen-bond donors (Lipinski definition) is 0. The molecular weight excluding hydrogens is 372 g/mol. The van der Waals surface area contributed by atoms with E-state index in [1.54, 1.807) is 63.5 Å². The molecule has 2 aromatic carbocycles. The highest BCUT2D eigenvalue weighted by atomic mass is 16.5. The van der Waals surface area contributed by atoms with Crippen LogP contribution in [0, 0.1) is 0 Å². The molecule has 0 spiro atoms. The molecule has 0 fully saturated rings. The monoisotopic (exact) mass is 396 g/mol. The maximum atomic E-state index is 12.5. The number of benzene rings is 2. The van der Waals surface area contributed by atoms with Crippen LogP contribution >= 0.6 is 0 Å². The highest BCUT2D eigenvalue weighted by Gasteiger charge is 2.32. The van der Waals surface area contributed by atoms with E-state index in [9.17, 15) is 14.4 Å². The van der Waals surface area contributed by atoms with E-state index in [0.29, 0.717) is 17.0 Å². The van der Waals surface area contributed by atoms with Gasteiger partial charge >= 0.3 is 5.97 Å². The van der Waals surface area contributed by atoms with Gasteiger partial charge in [-0.25, -0.2) is 0 Å². The van der Waals surface area contributed by atoms with Gasteiger partial charge in [0.15, 0.2) is 6.10 Å². The van der Waals surface area contributed by atoms with Gasteiger partial charge in [0.25, 0.3) is 11.8 Å². The molecule has 2 atom stereocenters. The van der Waals surface area contributed by atoms with Gasteiger partial charge in [0.05, 0.1) is 12.1 Å². The molecule has 0 radical (unpaired) electrons. The van der Waals surface area contributed by atoms with Crippen LogP contribution in [-0.2, 0) is 19.1 Å². The fourth-order valence-electron chi connectivity index (χ4n) is 3.11. The molecule has 0 N–H and O–H groups in total. The summed E-state index contributed by atoms with van der Waals surface area (Å²) >= 11 is 0. The van der Waals surface area contributed by atoms with Crippen LogP contribution in [0.15, 0.2) is 54.6 Å². The number of carbonyl (C=O) groups is 3. The smallest absolute Gasteiger partial charge is 0.308 e. The van der Waals surface area contributed by atoms with Crippen molar-refractivity contribution in [1.29, 1.82) is 0 Å². The average molecular weight is 396 g/mol. The largest absolute Gasteiger partial charge is 0.479 e. The van der Waals surface area contributed by atoms with Gasteiger partial charge in [0.1, 0.15) is 5.75 Å². The minimum absolute atomic E-state index is 0.0448. The Labute approximate surface area is 169 Å². The molecular formula is C22H24N2O5.